The third kappa shape index (κ3) is 2.45. The van der Waals surface area contributed by atoms with Gasteiger partial charge >= 0.3 is 0 Å². The number of hydrogen-bond donors (Lipinski definition) is 2. The Labute approximate surface area is 113 Å². The largest absolute Gasteiger partial charge is 0.493 e. The highest BCUT2D eigenvalue weighted by Gasteiger charge is 2.48. The van der Waals surface area contributed by atoms with Crippen molar-refractivity contribution >= 4 is 5.91 Å². The van der Waals surface area contributed by atoms with Gasteiger partial charge in [0.25, 0.3) is 0 Å². The van der Waals surface area contributed by atoms with E-state index in [1.807, 2.05) is 6.07 Å². The number of rotatable bonds is 5. The van der Waals surface area contributed by atoms with Crippen LogP contribution in [-0.4, -0.2) is 25.6 Å². The fourth-order valence-electron chi connectivity index (χ4n) is 2.58. The molecule has 3 N–H and O–H groups in total. The van der Waals surface area contributed by atoms with Crippen molar-refractivity contribution in [1.82, 2.24) is 5.32 Å². The molecule has 4 nitrogen and oxygen atoms in total. The first kappa shape index (κ1) is 12.5. The maximum atomic E-state index is 11.9. The van der Waals surface area contributed by atoms with Gasteiger partial charge in [-0.25, -0.2) is 0 Å². The molecule has 4 heteroatoms. The molecule has 0 saturated heterocycles. The van der Waals surface area contributed by atoms with Gasteiger partial charge in [0.2, 0.25) is 5.91 Å². The van der Waals surface area contributed by atoms with Crippen molar-refractivity contribution in [1.29, 1.82) is 0 Å². The van der Waals surface area contributed by atoms with Gasteiger partial charge in [0.05, 0.1) is 12.0 Å². The van der Waals surface area contributed by atoms with E-state index in [0.717, 1.165) is 38.0 Å². The summed E-state index contributed by atoms with van der Waals surface area (Å²) >= 11 is 0. The molecule has 1 aliphatic carbocycles. The third-order valence-corrected chi connectivity index (χ3v) is 4.18. The van der Waals surface area contributed by atoms with Gasteiger partial charge in [0.1, 0.15) is 5.75 Å². The van der Waals surface area contributed by atoms with E-state index in [0.29, 0.717) is 13.1 Å². The molecule has 19 heavy (non-hydrogen) atoms. The Morgan fingerprint density at radius 1 is 1.42 bits per heavy atom. The molecule has 0 bridgehead atoms. The Morgan fingerprint density at radius 3 is 3.00 bits per heavy atom. The van der Waals surface area contributed by atoms with Gasteiger partial charge in [-0.2, -0.15) is 0 Å². The normalized spacial score (nSPS) is 18.6. The van der Waals surface area contributed by atoms with Crippen LogP contribution in [0.15, 0.2) is 18.2 Å². The molecule has 1 fully saturated rings. The minimum absolute atomic E-state index is 0.125. The minimum atomic E-state index is -0.244. The van der Waals surface area contributed by atoms with Crippen LogP contribution in [0, 0.1) is 5.41 Å². The van der Waals surface area contributed by atoms with Crippen LogP contribution < -0.4 is 15.8 Å². The van der Waals surface area contributed by atoms with E-state index in [1.165, 1.54) is 11.1 Å². The maximum Gasteiger partial charge on any atom is 0.227 e. The second-order valence-electron chi connectivity index (χ2n) is 5.53. The van der Waals surface area contributed by atoms with Crippen molar-refractivity contribution in [3.05, 3.63) is 29.3 Å². The fourth-order valence-corrected chi connectivity index (χ4v) is 2.58. The lowest BCUT2D eigenvalue weighted by Gasteiger charge is -2.12. The van der Waals surface area contributed by atoms with Crippen molar-refractivity contribution in [2.24, 2.45) is 11.1 Å². The molecule has 1 aliphatic heterocycles. The number of hydrogen-bond acceptors (Lipinski definition) is 3. The second-order valence-corrected chi connectivity index (χ2v) is 5.53. The molecule has 1 aromatic carbocycles. The molecule has 0 radical (unpaired) electrons. The fraction of sp³-hybridized carbons (Fsp3) is 0.533. The first-order valence-corrected chi connectivity index (χ1v) is 6.96. The van der Waals surface area contributed by atoms with Crippen LogP contribution in [0.5, 0.6) is 5.75 Å². The van der Waals surface area contributed by atoms with Crippen LogP contribution in [0.1, 0.15) is 24.0 Å². The van der Waals surface area contributed by atoms with Crippen molar-refractivity contribution in [2.75, 3.05) is 19.7 Å². The molecule has 1 aromatic rings. The first-order chi connectivity index (χ1) is 9.23. The van der Waals surface area contributed by atoms with Crippen LogP contribution in [-0.2, 0) is 17.6 Å². The summed E-state index contributed by atoms with van der Waals surface area (Å²) in [5.74, 6) is 1.13. The predicted molar refractivity (Wildman–Crippen MR) is 73.1 cm³/mol. The number of ether oxygens (including phenoxy) is 1. The molecule has 0 unspecified atom stereocenters. The number of carbonyl (C=O) groups is 1. The van der Waals surface area contributed by atoms with Gasteiger partial charge < -0.3 is 15.8 Å². The monoisotopic (exact) mass is 260 g/mol. The van der Waals surface area contributed by atoms with Gasteiger partial charge in [0.15, 0.2) is 0 Å². The summed E-state index contributed by atoms with van der Waals surface area (Å²) in [6.07, 6.45) is 3.72. The number of amides is 1. The van der Waals surface area contributed by atoms with E-state index >= 15 is 0 Å². The smallest absolute Gasteiger partial charge is 0.227 e. The Balaban J connectivity index is 1.51. The summed E-state index contributed by atoms with van der Waals surface area (Å²) in [6.45, 7) is 1.93. The van der Waals surface area contributed by atoms with Gasteiger partial charge in [-0.3, -0.25) is 4.79 Å². The number of nitrogens with one attached hydrogen (secondary N) is 1. The van der Waals surface area contributed by atoms with E-state index in [9.17, 15) is 4.79 Å². The molecule has 0 atom stereocenters. The van der Waals surface area contributed by atoms with Gasteiger partial charge in [-0.15, -0.1) is 0 Å². The van der Waals surface area contributed by atoms with E-state index in [-0.39, 0.29) is 11.3 Å². The van der Waals surface area contributed by atoms with Crippen molar-refractivity contribution in [3.8, 4) is 5.75 Å². The minimum Gasteiger partial charge on any atom is -0.493 e. The zero-order chi connectivity index (χ0) is 13.3. The van der Waals surface area contributed by atoms with Crippen molar-refractivity contribution < 1.29 is 9.53 Å². The molecule has 0 spiro atoms. The average molecular weight is 260 g/mol. The zero-order valence-corrected chi connectivity index (χ0v) is 11.1. The molecule has 1 saturated carbocycles. The highest BCUT2D eigenvalue weighted by atomic mass is 16.5. The van der Waals surface area contributed by atoms with Crippen LogP contribution in [0.4, 0.5) is 0 Å². The van der Waals surface area contributed by atoms with Crippen molar-refractivity contribution in [2.45, 2.75) is 25.7 Å². The predicted octanol–water partition coefficient (Wildman–Crippen LogP) is 1.02. The maximum absolute atomic E-state index is 11.9. The topological polar surface area (TPSA) is 64.4 Å². The van der Waals surface area contributed by atoms with Gasteiger partial charge in [-0.05, 0) is 36.5 Å². The summed E-state index contributed by atoms with van der Waals surface area (Å²) < 4.78 is 5.48. The summed E-state index contributed by atoms with van der Waals surface area (Å²) in [6, 6.07) is 6.29. The van der Waals surface area contributed by atoms with Crippen LogP contribution in [0.25, 0.3) is 0 Å². The highest BCUT2D eigenvalue weighted by Crippen LogP contribution is 2.44. The van der Waals surface area contributed by atoms with Crippen LogP contribution in [0.3, 0.4) is 0 Å². The molecular formula is C15H20N2O2. The number of nitrogens with two attached hydrogens (primary N) is 1. The molecule has 1 amide bonds. The SMILES string of the molecule is NCC1(C(=O)NCCc2ccc3c(c2)CCO3)CC1. The van der Waals surface area contributed by atoms with E-state index in [4.69, 9.17) is 10.5 Å². The zero-order valence-electron chi connectivity index (χ0n) is 11.1. The van der Waals surface area contributed by atoms with E-state index < -0.39 is 0 Å². The summed E-state index contributed by atoms with van der Waals surface area (Å²) in [7, 11) is 0. The lowest BCUT2D eigenvalue weighted by Crippen LogP contribution is -2.37. The number of carbonyl (C=O) groups excluding carboxylic acids is 1. The van der Waals surface area contributed by atoms with E-state index in [1.54, 1.807) is 0 Å². The lowest BCUT2D eigenvalue weighted by atomic mass is 10.1. The van der Waals surface area contributed by atoms with E-state index in [2.05, 4.69) is 17.4 Å². The molecule has 102 valence electrons. The quantitative estimate of drug-likeness (QED) is 0.830. The molecule has 1 heterocycles. The second kappa shape index (κ2) is 4.85. The standard InChI is InChI=1S/C15H20N2O2/c16-10-15(5-6-15)14(18)17-7-3-11-1-2-13-12(9-11)4-8-19-13/h1-2,9H,3-8,10,16H2,(H,17,18). The lowest BCUT2D eigenvalue weighted by molar-refractivity contribution is -0.125. The summed E-state index contributed by atoms with van der Waals surface area (Å²) in [4.78, 5) is 11.9. The molecular weight excluding hydrogens is 240 g/mol. The summed E-state index contributed by atoms with van der Waals surface area (Å²) in [5, 5.41) is 3.00. The third-order valence-electron chi connectivity index (χ3n) is 4.18. The Hall–Kier alpha value is -1.55. The Kier molecular flexibility index (Phi) is 3.19. The molecule has 3 rings (SSSR count). The molecule has 0 aromatic heterocycles. The van der Waals surface area contributed by atoms with Crippen LogP contribution >= 0.6 is 0 Å². The number of benzene rings is 1. The summed E-state index contributed by atoms with van der Waals surface area (Å²) in [5.41, 5.74) is 7.93. The number of fused-ring (bicyclic) bond motifs is 1. The first-order valence-electron chi connectivity index (χ1n) is 6.96. The van der Waals surface area contributed by atoms with Crippen molar-refractivity contribution in [3.63, 3.8) is 0 Å². The van der Waals surface area contributed by atoms with Crippen LogP contribution in [0.2, 0.25) is 0 Å². The Bertz CT molecular complexity index is 495. The Morgan fingerprint density at radius 2 is 2.26 bits per heavy atom. The average Bonchev–Trinajstić information content (AvgIpc) is 3.10. The molecule has 2 aliphatic rings. The van der Waals surface area contributed by atoms with Gasteiger partial charge in [-0.1, -0.05) is 12.1 Å². The highest BCUT2D eigenvalue weighted by molar-refractivity contribution is 5.85. The van der Waals surface area contributed by atoms with Gasteiger partial charge in [0, 0.05) is 19.5 Å².